The molecule has 1 aliphatic heterocycles. The van der Waals surface area contributed by atoms with E-state index in [2.05, 4.69) is 32.2 Å². The van der Waals surface area contributed by atoms with E-state index in [1.165, 1.54) is 5.56 Å². The molecule has 0 spiro atoms. The third-order valence-corrected chi connectivity index (χ3v) is 5.70. The highest BCUT2D eigenvalue weighted by atomic mass is 16.4. The first-order valence-corrected chi connectivity index (χ1v) is 10.7. The largest absolute Gasteiger partial charge is 0.419 e. The Labute approximate surface area is 183 Å². The quantitative estimate of drug-likeness (QED) is 0.660. The van der Waals surface area contributed by atoms with Gasteiger partial charge in [-0.3, -0.25) is 14.6 Å². The first-order chi connectivity index (χ1) is 15.0. The molecule has 1 amide bonds. The molecule has 0 atom stereocenters. The van der Waals surface area contributed by atoms with Crippen LogP contribution in [0.3, 0.4) is 0 Å². The predicted octanol–water partition coefficient (Wildman–Crippen LogP) is 3.42. The van der Waals surface area contributed by atoms with Gasteiger partial charge in [0.25, 0.3) is 0 Å². The first kappa shape index (κ1) is 21.2. The highest BCUT2D eigenvalue weighted by Gasteiger charge is 2.21. The minimum absolute atomic E-state index is 0.0329. The van der Waals surface area contributed by atoms with Crippen molar-refractivity contribution in [3.05, 3.63) is 65.0 Å². The summed E-state index contributed by atoms with van der Waals surface area (Å²) in [6.07, 6.45) is 0. The van der Waals surface area contributed by atoms with E-state index in [1.54, 1.807) is 0 Å². The van der Waals surface area contributed by atoms with Gasteiger partial charge in [-0.15, -0.1) is 10.2 Å². The van der Waals surface area contributed by atoms with E-state index < -0.39 is 0 Å². The summed E-state index contributed by atoms with van der Waals surface area (Å²) in [6, 6.07) is 14.1. The van der Waals surface area contributed by atoms with E-state index in [-0.39, 0.29) is 5.91 Å². The van der Waals surface area contributed by atoms with Crippen molar-refractivity contribution in [3.63, 3.8) is 0 Å². The zero-order valence-corrected chi connectivity index (χ0v) is 18.4. The smallest absolute Gasteiger partial charge is 0.247 e. The molecule has 2 aromatic carbocycles. The van der Waals surface area contributed by atoms with Crippen LogP contribution in [0.2, 0.25) is 0 Å². The number of aromatic nitrogens is 2. The number of hydrogen-bond acceptors (Lipinski definition) is 6. The van der Waals surface area contributed by atoms with Crippen LogP contribution in [0.1, 0.15) is 22.6 Å². The molecule has 1 aliphatic rings. The number of piperazine rings is 1. The van der Waals surface area contributed by atoms with Crippen LogP contribution >= 0.6 is 0 Å². The van der Waals surface area contributed by atoms with Gasteiger partial charge in [0.1, 0.15) is 0 Å². The predicted molar refractivity (Wildman–Crippen MR) is 121 cm³/mol. The number of rotatable bonds is 6. The Morgan fingerprint density at radius 3 is 2.26 bits per heavy atom. The number of carbonyl (C=O) groups excluding carboxylic acids is 1. The Kier molecular flexibility index (Phi) is 6.44. The lowest BCUT2D eigenvalue weighted by molar-refractivity contribution is -0.117. The van der Waals surface area contributed by atoms with E-state index >= 15 is 0 Å². The van der Waals surface area contributed by atoms with Gasteiger partial charge in [-0.05, 0) is 44.0 Å². The second kappa shape index (κ2) is 9.41. The molecule has 1 fully saturated rings. The van der Waals surface area contributed by atoms with Crippen LogP contribution in [0.4, 0.5) is 5.69 Å². The number of amides is 1. The fraction of sp³-hybridized carbons (Fsp3) is 0.375. The van der Waals surface area contributed by atoms with Crippen molar-refractivity contribution >= 4 is 11.6 Å². The third-order valence-electron chi connectivity index (χ3n) is 5.70. The summed E-state index contributed by atoms with van der Waals surface area (Å²) in [4.78, 5) is 17.0. The molecule has 3 aromatic rings. The van der Waals surface area contributed by atoms with Crippen molar-refractivity contribution in [3.8, 4) is 11.5 Å². The average molecular weight is 420 g/mol. The number of nitrogens with zero attached hydrogens (tertiary/aromatic N) is 4. The van der Waals surface area contributed by atoms with Crippen LogP contribution in [-0.4, -0.2) is 58.6 Å². The van der Waals surface area contributed by atoms with Crippen LogP contribution in [-0.2, 0) is 11.3 Å². The minimum Gasteiger partial charge on any atom is -0.419 e. The number of benzene rings is 2. The normalized spacial score (nSPS) is 15.2. The lowest BCUT2D eigenvalue weighted by atomic mass is 10.1. The molecule has 2 heterocycles. The van der Waals surface area contributed by atoms with E-state index in [4.69, 9.17) is 4.42 Å². The fourth-order valence-electron chi connectivity index (χ4n) is 3.82. The molecule has 0 bridgehead atoms. The standard InChI is InChI=1S/C24H29N5O2/c1-17-7-9-20(10-8-17)24-27-26-22(31-24)16-29-13-11-28(12-14-29)15-21(30)25-23-18(2)5-4-6-19(23)3/h4-10H,11-16H2,1-3H3,(H,25,30). The fourth-order valence-corrected chi connectivity index (χ4v) is 3.82. The molecule has 4 rings (SSSR count). The molecular weight excluding hydrogens is 390 g/mol. The summed E-state index contributed by atoms with van der Waals surface area (Å²) in [5.41, 5.74) is 5.23. The monoisotopic (exact) mass is 419 g/mol. The van der Waals surface area contributed by atoms with Gasteiger partial charge in [0.05, 0.1) is 13.1 Å². The zero-order valence-electron chi connectivity index (χ0n) is 18.4. The number of hydrogen-bond donors (Lipinski definition) is 1. The number of para-hydroxylation sites is 1. The molecule has 1 aromatic heterocycles. The van der Waals surface area contributed by atoms with Gasteiger partial charge in [-0.1, -0.05) is 35.9 Å². The van der Waals surface area contributed by atoms with E-state index in [1.807, 2.05) is 56.3 Å². The van der Waals surface area contributed by atoms with Crippen LogP contribution in [0.25, 0.3) is 11.5 Å². The molecule has 7 nitrogen and oxygen atoms in total. The summed E-state index contributed by atoms with van der Waals surface area (Å²) in [6.45, 7) is 10.5. The van der Waals surface area contributed by atoms with Crippen molar-refractivity contribution in [1.82, 2.24) is 20.0 Å². The SMILES string of the molecule is Cc1ccc(-c2nnc(CN3CCN(CC(=O)Nc4c(C)cccc4C)CC3)o2)cc1. The summed E-state index contributed by atoms with van der Waals surface area (Å²) >= 11 is 0. The molecule has 0 radical (unpaired) electrons. The van der Waals surface area contributed by atoms with Crippen molar-refractivity contribution in [2.75, 3.05) is 38.0 Å². The Morgan fingerprint density at radius 2 is 1.58 bits per heavy atom. The van der Waals surface area contributed by atoms with Gasteiger partial charge in [-0.25, -0.2) is 0 Å². The number of nitrogens with one attached hydrogen (secondary N) is 1. The molecule has 1 N–H and O–H groups in total. The van der Waals surface area contributed by atoms with Gasteiger partial charge in [0, 0.05) is 37.4 Å². The molecule has 0 aliphatic carbocycles. The average Bonchev–Trinajstić information content (AvgIpc) is 3.21. The Balaban J connectivity index is 1.25. The summed E-state index contributed by atoms with van der Waals surface area (Å²) in [5, 5.41) is 11.5. The maximum Gasteiger partial charge on any atom is 0.247 e. The zero-order chi connectivity index (χ0) is 21.8. The topological polar surface area (TPSA) is 74.5 Å². The van der Waals surface area contributed by atoms with Crippen molar-refractivity contribution in [1.29, 1.82) is 0 Å². The van der Waals surface area contributed by atoms with Crippen LogP contribution in [0, 0.1) is 20.8 Å². The minimum atomic E-state index is 0.0329. The van der Waals surface area contributed by atoms with Crippen LogP contribution in [0.15, 0.2) is 46.9 Å². The maximum absolute atomic E-state index is 12.5. The van der Waals surface area contributed by atoms with Crippen molar-refractivity contribution < 1.29 is 9.21 Å². The van der Waals surface area contributed by atoms with E-state index in [9.17, 15) is 4.79 Å². The lowest BCUT2D eigenvalue weighted by Crippen LogP contribution is -2.48. The summed E-state index contributed by atoms with van der Waals surface area (Å²) < 4.78 is 5.85. The highest BCUT2D eigenvalue weighted by Crippen LogP contribution is 2.20. The summed E-state index contributed by atoms with van der Waals surface area (Å²) in [5.74, 6) is 1.21. The molecule has 0 unspecified atom stereocenters. The Morgan fingerprint density at radius 1 is 0.935 bits per heavy atom. The van der Waals surface area contributed by atoms with E-state index in [0.29, 0.717) is 24.9 Å². The van der Waals surface area contributed by atoms with Crippen molar-refractivity contribution in [2.45, 2.75) is 27.3 Å². The molecular formula is C24H29N5O2. The van der Waals surface area contributed by atoms with E-state index in [0.717, 1.165) is 48.6 Å². The second-order valence-electron chi connectivity index (χ2n) is 8.23. The number of anilines is 1. The molecule has 0 saturated carbocycles. The first-order valence-electron chi connectivity index (χ1n) is 10.7. The Hall–Kier alpha value is -3.03. The Bertz CT molecular complexity index is 1020. The molecule has 7 heteroatoms. The number of carbonyl (C=O) groups is 1. The second-order valence-corrected chi connectivity index (χ2v) is 8.23. The van der Waals surface area contributed by atoms with Crippen molar-refractivity contribution in [2.24, 2.45) is 0 Å². The van der Waals surface area contributed by atoms with Gasteiger partial charge >= 0.3 is 0 Å². The molecule has 1 saturated heterocycles. The van der Waals surface area contributed by atoms with Gasteiger partial charge in [0.15, 0.2) is 0 Å². The third kappa shape index (κ3) is 5.37. The molecule has 31 heavy (non-hydrogen) atoms. The van der Waals surface area contributed by atoms with Gasteiger partial charge in [0.2, 0.25) is 17.7 Å². The maximum atomic E-state index is 12.5. The van der Waals surface area contributed by atoms with Gasteiger partial charge in [-0.2, -0.15) is 0 Å². The molecule has 162 valence electrons. The van der Waals surface area contributed by atoms with Crippen LogP contribution < -0.4 is 5.32 Å². The van der Waals surface area contributed by atoms with Gasteiger partial charge < -0.3 is 9.73 Å². The summed E-state index contributed by atoms with van der Waals surface area (Å²) in [7, 11) is 0. The van der Waals surface area contributed by atoms with Crippen LogP contribution in [0.5, 0.6) is 0 Å². The highest BCUT2D eigenvalue weighted by molar-refractivity contribution is 5.93. The number of aryl methyl sites for hydroxylation is 3. The lowest BCUT2D eigenvalue weighted by Gasteiger charge is -2.33.